The number of rotatable bonds is 6. The number of ether oxygens (including phenoxy) is 1. The summed E-state index contributed by atoms with van der Waals surface area (Å²) in [6.45, 7) is 0.788. The highest BCUT2D eigenvalue weighted by Crippen LogP contribution is 2.30. The molecule has 0 amide bonds. The Morgan fingerprint density at radius 1 is 0.771 bits per heavy atom. The lowest BCUT2D eigenvalue weighted by Gasteiger charge is -2.12. The van der Waals surface area contributed by atoms with Gasteiger partial charge in [0.05, 0.1) is 36.3 Å². The predicted octanol–water partition coefficient (Wildman–Crippen LogP) is 7.01. The molecule has 2 aromatic heterocycles. The molecule has 0 bridgehead atoms. The van der Waals surface area contributed by atoms with Gasteiger partial charge in [-0.1, -0.05) is 83.5 Å². The first kappa shape index (κ1) is 21.5. The van der Waals surface area contributed by atoms with Crippen molar-refractivity contribution in [3.05, 3.63) is 120 Å². The van der Waals surface area contributed by atoms with Crippen LogP contribution in [0, 0.1) is 0 Å². The van der Waals surface area contributed by atoms with Crippen molar-refractivity contribution in [3.8, 4) is 16.9 Å². The minimum atomic E-state index is 0.353. The molecule has 170 valence electrons. The van der Waals surface area contributed by atoms with Crippen LogP contribution in [0.5, 0.6) is 0 Å². The van der Waals surface area contributed by atoms with E-state index in [0.717, 1.165) is 44.5 Å². The van der Waals surface area contributed by atoms with Crippen molar-refractivity contribution < 1.29 is 4.74 Å². The smallest absolute Gasteiger partial charge is 0.109 e. The molecule has 0 saturated carbocycles. The van der Waals surface area contributed by atoms with Crippen molar-refractivity contribution in [2.45, 2.75) is 13.2 Å². The zero-order valence-electron chi connectivity index (χ0n) is 18.8. The fourth-order valence-corrected chi connectivity index (χ4v) is 4.38. The Morgan fingerprint density at radius 3 is 2.43 bits per heavy atom. The third-order valence-electron chi connectivity index (χ3n) is 6.00. The third kappa shape index (κ3) is 4.39. The van der Waals surface area contributed by atoms with Gasteiger partial charge in [0.1, 0.15) is 5.69 Å². The first-order chi connectivity index (χ1) is 17.2. The second kappa shape index (κ2) is 9.29. The van der Waals surface area contributed by atoms with Gasteiger partial charge in [-0.15, -0.1) is 5.10 Å². The van der Waals surface area contributed by atoms with Crippen LogP contribution in [0.4, 0.5) is 0 Å². The number of fused-ring (bicyclic) bond motifs is 3. The highest BCUT2D eigenvalue weighted by atomic mass is 35.5. The van der Waals surface area contributed by atoms with Gasteiger partial charge >= 0.3 is 0 Å². The van der Waals surface area contributed by atoms with Gasteiger partial charge in [-0.25, -0.2) is 9.67 Å². The lowest BCUT2D eigenvalue weighted by atomic mass is 10.0. The third-order valence-corrected chi connectivity index (χ3v) is 6.25. The van der Waals surface area contributed by atoms with Crippen LogP contribution in [0.25, 0.3) is 38.6 Å². The topological polar surface area (TPSA) is 52.8 Å². The van der Waals surface area contributed by atoms with Gasteiger partial charge in [-0.05, 0) is 41.3 Å². The summed E-state index contributed by atoms with van der Waals surface area (Å²) in [4.78, 5) is 5.05. The van der Waals surface area contributed by atoms with Crippen LogP contribution in [0.1, 0.15) is 11.3 Å². The predicted molar refractivity (Wildman–Crippen MR) is 140 cm³/mol. The normalized spacial score (nSPS) is 11.3. The lowest BCUT2D eigenvalue weighted by molar-refractivity contribution is 0.105. The zero-order chi connectivity index (χ0) is 23.6. The fraction of sp³-hybridized carbons (Fsp3) is 0.0690. The number of hydrogen-bond acceptors (Lipinski definition) is 4. The number of hydrogen-bond donors (Lipinski definition) is 0. The van der Waals surface area contributed by atoms with Crippen LogP contribution in [0.15, 0.2) is 103 Å². The first-order valence-corrected chi connectivity index (χ1v) is 11.7. The number of aromatic nitrogens is 4. The molecule has 6 aromatic rings. The second-order valence-corrected chi connectivity index (χ2v) is 8.78. The number of halogens is 1. The summed E-state index contributed by atoms with van der Waals surface area (Å²) in [6, 6.07) is 32.5. The molecular weight excluding hydrogens is 456 g/mol. The minimum absolute atomic E-state index is 0.353. The molecule has 0 spiro atoms. The van der Waals surface area contributed by atoms with E-state index in [2.05, 4.69) is 64.9 Å². The summed E-state index contributed by atoms with van der Waals surface area (Å²) in [6.07, 6.45) is 1.87. The quantitative estimate of drug-likeness (QED) is 0.243. The van der Waals surface area contributed by atoms with E-state index in [9.17, 15) is 0 Å². The molecule has 4 aromatic carbocycles. The molecule has 35 heavy (non-hydrogen) atoms. The minimum Gasteiger partial charge on any atom is -0.370 e. The van der Waals surface area contributed by atoms with Crippen molar-refractivity contribution in [2.24, 2.45) is 0 Å². The van der Waals surface area contributed by atoms with E-state index in [1.54, 1.807) is 4.68 Å². The van der Waals surface area contributed by atoms with Gasteiger partial charge in [0.25, 0.3) is 0 Å². The van der Waals surface area contributed by atoms with Crippen LogP contribution < -0.4 is 0 Å². The van der Waals surface area contributed by atoms with E-state index in [0.29, 0.717) is 18.2 Å². The molecule has 0 aliphatic rings. The van der Waals surface area contributed by atoms with E-state index in [1.807, 2.05) is 48.7 Å². The van der Waals surface area contributed by atoms with Gasteiger partial charge in [-0.3, -0.25) is 0 Å². The van der Waals surface area contributed by atoms with Gasteiger partial charge in [-0.2, -0.15) is 0 Å². The molecule has 5 nitrogen and oxygen atoms in total. The maximum absolute atomic E-state index is 6.12. The van der Waals surface area contributed by atoms with Crippen molar-refractivity contribution >= 4 is 33.3 Å². The van der Waals surface area contributed by atoms with E-state index >= 15 is 0 Å². The average molecular weight is 477 g/mol. The largest absolute Gasteiger partial charge is 0.370 e. The summed E-state index contributed by atoms with van der Waals surface area (Å²) < 4.78 is 7.84. The molecule has 0 N–H and O–H groups in total. The number of pyridine rings is 1. The maximum atomic E-state index is 6.12. The summed E-state index contributed by atoms with van der Waals surface area (Å²) >= 11 is 5.99. The molecule has 0 aliphatic carbocycles. The monoisotopic (exact) mass is 476 g/mol. The molecule has 2 heterocycles. The molecule has 0 radical (unpaired) electrons. The Labute approximate surface area is 207 Å². The molecular formula is C29H21ClN4O. The number of nitrogens with zero attached hydrogens (tertiary/aromatic N) is 4. The summed E-state index contributed by atoms with van der Waals surface area (Å²) in [7, 11) is 0. The van der Waals surface area contributed by atoms with Crippen molar-refractivity contribution in [1.29, 1.82) is 0 Å². The first-order valence-electron chi connectivity index (χ1n) is 11.4. The Morgan fingerprint density at radius 2 is 1.57 bits per heavy atom. The van der Waals surface area contributed by atoms with Gasteiger partial charge in [0, 0.05) is 21.4 Å². The van der Waals surface area contributed by atoms with E-state index in [4.69, 9.17) is 21.3 Å². The molecule has 0 fully saturated rings. The van der Waals surface area contributed by atoms with Crippen molar-refractivity contribution in [1.82, 2.24) is 20.0 Å². The molecule has 0 aliphatic heterocycles. The van der Waals surface area contributed by atoms with Crippen LogP contribution in [0.3, 0.4) is 0 Å². The Kier molecular flexibility index (Phi) is 5.70. The zero-order valence-corrected chi connectivity index (χ0v) is 19.6. The summed E-state index contributed by atoms with van der Waals surface area (Å²) in [5.41, 5.74) is 5.73. The van der Waals surface area contributed by atoms with Crippen molar-refractivity contribution in [2.75, 3.05) is 0 Å². The lowest BCUT2D eigenvalue weighted by Crippen LogP contribution is -1.98. The Hall–Kier alpha value is -4.06. The molecule has 0 unspecified atom stereocenters. The highest BCUT2D eigenvalue weighted by molar-refractivity contribution is 6.30. The molecule has 0 saturated heterocycles. The van der Waals surface area contributed by atoms with Crippen LogP contribution in [0.2, 0.25) is 5.02 Å². The average Bonchev–Trinajstić information content (AvgIpc) is 3.38. The van der Waals surface area contributed by atoms with Gasteiger partial charge in [0.15, 0.2) is 0 Å². The summed E-state index contributed by atoms with van der Waals surface area (Å²) in [5.74, 6) is 0. The van der Waals surface area contributed by atoms with Crippen LogP contribution >= 0.6 is 11.6 Å². The number of benzene rings is 4. The molecule has 6 heteroatoms. The SMILES string of the molecule is Clc1ccc(-n2cc(COCc3cc(-c4ccccc4)nc4c3ccc3ccccc34)nn2)cc1. The highest BCUT2D eigenvalue weighted by Gasteiger charge is 2.11. The van der Waals surface area contributed by atoms with Gasteiger partial charge in [0.2, 0.25) is 0 Å². The Balaban J connectivity index is 1.31. The van der Waals surface area contributed by atoms with E-state index in [-0.39, 0.29) is 0 Å². The van der Waals surface area contributed by atoms with Crippen molar-refractivity contribution in [3.63, 3.8) is 0 Å². The van der Waals surface area contributed by atoms with E-state index < -0.39 is 0 Å². The molecule has 0 atom stereocenters. The summed E-state index contributed by atoms with van der Waals surface area (Å²) in [5, 5.41) is 12.6. The Bertz CT molecular complexity index is 1630. The standard InChI is InChI=1S/C29H21ClN4O/c30-23-11-13-25(14-12-23)34-17-24(32-33-34)19-35-18-22-16-28(21-7-2-1-3-8-21)31-29-26-9-5-4-6-20(26)10-15-27(22)29/h1-17H,18-19H2. The van der Waals surface area contributed by atoms with Crippen LogP contribution in [-0.4, -0.2) is 20.0 Å². The van der Waals surface area contributed by atoms with Gasteiger partial charge < -0.3 is 4.74 Å². The maximum Gasteiger partial charge on any atom is 0.109 e. The van der Waals surface area contributed by atoms with E-state index in [1.165, 1.54) is 5.39 Å². The van der Waals surface area contributed by atoms with Crippen LogP contribution in [-0.2, 0) is 18.0 Å². The fourth-order valence-electron chi connectivity index (χ4n) is 4.26. The second-order valence-electron chi connectivity index (χ2n) is 8.34. The molecule has 6 rings (SSSR count).